The lowest BCUT2D eigenvalue weighted by molar-refractivity contribution is -0.126. The number of rotatable bonds is 19. The van der Waals surface area contributed by atoms with Crippen LogP contribution in [0, 0.1) is 11.8 Å². The van der Waals surface area contributed by atoms with Gasteiger partial charge in [0.2, 0.25) is 11.8 Å². The number of amides is 2. The van der Waals surface area contributed by atoms with E-state index in [9.17, 15) is 9.59 Å². The predicted octanol–water partition coefficient (Wildman–Crippen LogP) is 3.68. The Morgan fingerprint density at radius 3 is 1.39 bits per heavy atom. The Morgan fingerprint density at radius 1 is 0.679 bits per heavy atom. The average Bonchev–Trinajstić information content (AvgIpc) is 2.70. The summed E-state index contributed by atoms with van der Waals surface area (Å²) in [5.74, 6) is 0.507. The van der Waals surface area contributed by atoms with Gasteiger partial charge in [0.1, 0.15) is 0 Å². The van der Waals surface area contributed by atoms with Gasteiger partial charge in [0.25, 0.3) is 0 Å². The summed E-state index contributed by atoms with van der Waals surface area (Å²) < 4.78 is 11.0. The standard InChI is InChI=1S/C22H44N2O4/c1-5-9-11-19(7-3)21(25)23-13-15-27-17-18-28-16-14-24-22(26)20(8-4)12-10-6-2/h19-20H,5-18H2,1-4H3,(H,23,25)(H,24,26). The second-order valence-electron chi connectivity index (χ2n) is 7.30. The minimum Gasteiger partial charge on any atom is -0.377 e. The summed E-state index contributed by atoms with van der Waals surface area (Å²) >= 11 is 0. The maximum absolute atomic E-state index is 12.0. The van der Waals surface area contributed by atoms with Crippen LogP contribution in [0.3, 0.4) is 0 Å². The molecule has 2 unspecified atom stereocenters. The van der Waals surface area contributed by atoms with Gasteiger partial charge < -0.3 is 20.1 Å². The fourth-order valence-corrected chi connectivity index (χ4v) is 3.05. The van der Waals surface area contributed by atoms with Crippen LogP contribution in [0.5, 0.6) is 0 Å². The highest BCUT2D eigenvalue weighted by atomic mass is 16.5. The van der Waals surface area contributed by atoms with Gasteiger partial charge in [-0.1, -0.05) is 53.4 Å². The molecule has 0 aliphatic rings. The van der Waals surface area contributed by atoms with E-state index >= 15 is 0 Å². The zero-order valence-corrected chi connectivity index (χ0v) is 18.7. The van der Waals surface area contributed by atoms with Crippen molar-refractivity contribution in [1.82, 2.24) is 10.6 Å². The number of unbranched alkanes of at least 4 members (excludes halogenated alkanes) is 2. The molecule has 0 rings (SSSR count). The van der Waals surface area contributed by atoms with Crippen molar-refractivity contribution in [3.63, 3.8) is 0 Å². The number of hydrogen-bond acceptors (Lipinski definition) is 4. The highest BCUT2D eigenvalue weighted by Gasteiger charge is 2.15. The molecule has 0 aliphatic carbocycles. The third-order valence-electron chi connectivity index (χ3n) is 5.00. The summed E-state index contributed by atoms with van der Waals surface area (Å²) in [5, 5.41) is 5.89. The molecule has 166 valence electrons. The van der Waals surface area contributed by atoms with E-state index in [0.717, 1.165) is 51.4 Å². The lowest BCUT2D eigenvalue weighted by atomic mass is 9.98. The third kappa shape index (κ3) is 13.9. The predicted molar refractivity (Wildman–Crippen MR) is 114 cm³/mol. The lowest BCUT2D eigenvalue weighted by Gasteiger charge is -2.15. The van der Waals surface area contributed by atoms with Crippen LogP contribution in [-0.2, 0) is 19.1 Å². The van der Waals surface area contributed by atoms with E-state index in [1.165, 1.54) is 0 Å². The fourth-order valence-electron chi connectivity index (χ4n) is 3.05. The molecule has 28 heavy (non-hydrogen) atoms. The van der Waals surface area contributed by atoms with Crippen LogP contribution in [0.2, 0.25) is 0 Å². The number of nitrogens with one attached hydrogen (secondary N) is 2. The van der Waals surface area contributed by atoms with Gasteiger partial charge in [0.15, 0.2) is 0 Å². The molecule has 0 aromatic heterocycles. The summed E-state index contributed by atoms with van der Waals surface area (Å²) in [4.78, 5) is 24.1. The molecular weight excluding hydrogens is 356 g/mol. The van der Waals surface area contributed by atoms with Crippen molar-refractivity contribution in [2.75, 3.05) is 39.5 Å². The van der Waals surface area contributed by atoms with Gasteiger partial charge in [0, 0.05) is 24.9 Å². The first-order valence-electron chi connectivity index (χ1n) is 11.3. The largest absolute Gasteiger partial charge is 0.377 e. The Balaban J connectivity index is 3.57. The van der Waals surface area contributed by atoms with Crippen LogP contribution in [0.25, 0.3) is 0 Å². The van der Waals surface area contributed by atoms with E-state index in [1.54, 1.807) is 0 Å². The molecule has 2 amide bonds. The van der Waals surface area contributed by atoms with Gasteiger partial charge in [-0.2, -0.15) is 0 Å². The van der Waals surface area contributed by atoms with Crippen LogP contribution < -0.4 is 10.6 Å². The van der Waals surface area contributed by atoms with Gasteiger partial charge in [-0.25, -0.2) is 0 Å². The minimum atomic E-state index is 0.118. The summed E-state index contributed by atoms with van der Waals surface area (Å²) in [5.41, 5.74) is 0. The van der Waals surface area contributed by atoms with Gasteiger partial charge >= 0.3 is 0 Å². The Hall–Kier alpha value is -1.14. The Kier molecular flexibility index (Phi) is 18.4. The molecule has 0 saturated carbocycles. The molecule has 0 fully saturated rings. The normalized spacial score (nSPS) is 13.1. The van der Waals surface area contributed by atoms with E-state index in [-0.39, 0.29) is 23.7 Å². The van der Waals surface area contributed by atoms with Crippen LogP contribution in [0.15, 0.2) is 0 Å². The highest BCUT2D eigenvalue weighted by molar-refractivity contribution is 5.78. The molecular formula is C22H44N2O4. The second kappa shape index (κ2) is 19.2. The molecule has 0 radical (unpaired) electrons. The third-order valence-corrected chi connectivity index (χ3v) is 5.00. The zero-order valence-electron chi connectivity index (χ0n) is 18.7. The van der Waals surface area contributed by atoms with E-state index < -0.39 is 0 Å². The first kappa shape index (κ1) is 26.9. The minimum absolute atomic E-state index is 0.118. The average molecular weight is 401 g/mol. The maximum Gasteiger partial charge on any atom is 0.223 e. The van der Waals surface area contributed by atoms with Crippen LogP contribution in [0.4, 0.5) is 0 Å². The van der Waals surface area contributed by atoms with Crippen molar-refractivity contribution in [3.8, 4) is 0 Å². The monoisotopic (exact) mass is 400 g/mol. The van der Waals surface area contributed by atoms with E-state index in [4.69, 9.17) is 9.47 Å². The molecule has 0 aliphatic heterocycles. The van der Waals surface area contributed by atoms with Gasteiger partial charge in [-0.3, -0.25) is 9.59 Å². The molecule has 0 aromatic rings. The summed E-state index contributed by atoms with van der Waals surface area (Å²) in [6, 6.07) is 0. The van der Waals surface area contributed by atoms with Gasteiger partial charge in [-0.05, 0) is 25.7 Å². The number of carbonyl (C=O) groups excluding carboxylic acids is 2. The van der Waals surface area contributed by atoms with Crippen molar-refractivity contribution in [1.29, 1.82) is 0 Å². The SMILES string of the molecule is CCCCC(CC)C(=O)NCCOCCOCCNC(=O)C(CC)CCCC. The van der Waals surface area contributed by atoms with Gasteiger partial charge in [-0.15, -0.1) is 0 Å². The van der Waals surface area contributed by atoms with Crippen molar-refractivity contribution in [2.24, 2.45) is 11.8 Å². The molecule has 6 heteroatoms. The molecule has 2 N–H and O–H groups in total. The molecule has 2 atom stereocenters. The number of ether oxygens (including phenoxy) is 2. The second-order valence-corrected chi connectivity index (χ2v) is 7.30. The van der Waals surface area contributed by atoms with E-state index in [0.29, 0.717) is 39.5 Å². The number of carbonyl (C=O) groups is 2. The quantitative estimate of drug-likeness (QED) is 0.324. The summed E-state index contributed by atoms with van der Waals surface area (Å²) in [7, 11) is 0. The van der Waals surface area contributed by atoms with E-state index in [1.807, 2.05) is 0 Å². The van der Waals surface area contributed by atoms with Crippen molar-refractivity contribution < 1.29 is 19.1 Å². The summed E-state index contributed by atoms with van der Waals surface area (Å²) in [6.07, 6.45) is 8.12. The van der Waals surface area contributed by atoms with Crippen LogP contribution in [0.1, 0.15) is 79.1 Å². The molecule has 0 bridgehead atoms. The smallest absolute Gasteiger partial charge is 0.223 e. The first-order chi connectivity index (χ1) is 13.6. The topological polar surface area (TPSA) is 76.7 Å². The molecule has 0 saturated heterocycles. The van der Waals surface area contributed by atoms with Crippen LogP contribution in [-0.4, -0.2) is 51.3 Å². The molecule has 0 spiro atoms. The van der Waals surface area contributed by atoms with Crippen LogP contribution >= 0.6 is 0 Å². The van der Waals surface area contributed by atoms with E-state index in [2.05, 4.69) is 38.3 Å². The molecule has 6 nitrogen and oxygen atoms in total. The first-order valence-corrected chi connectivity index (χ1v) is 11.3. The Bertz CT molecular complexity index is 355. The summed E-state index contributed by atoms with van der Waals surface area (Å²) in [6.45, 7) is 11.4. The molecule has 0 heterocycles. The Morgan fingerprint density at radius 2 is 1.07 bits per heavy atom. The zero-order chi connectivity index (χ0) is 21.0. The molecule has 0 aromatic carbocycles. The van der Waals surface area contributed by atoms with Crippen molar-refractivity contribution in [2.45, 2.75) is 79.1 Å². The van der Waals surface area contributed by atoms with Crippen molar-refractivity contribution >= 4 is 11.8 Å². The lowest BCUT2D eigenvalue weighted by Crippen LogP contribution is -2.33. The van der Waals surface area contributed by atoms with Crippen molar-refractivity contribution in [3.05, 3.63) is 0 Å². The Labute approximate surface area is 172 Å². The fraction of sp³-hybridized carbons (Fsp3) is 0.909. The van der Waals surface area contributed by atoms with Gasteiger partial charge in [0.05, 0.1) is 26.4 Å². The maximum atomic E-state index is 12.0. The number of hydrogen-bond donors (Lipinski definition) is 2. The highest BCUT2D eigenvalue weighted by Crippen LogP contribution is 2.13.